The number of rotatable bonds is 19. The first-order valence-electron chi connectivity index (χ1n) is 15.4. The van der Waals surface area contributed by atoms with Gasteiger partial charge in [0, 0.05) is 0 Å². The van der Waals surface area contributed by atoms with Crippen LogP contribution in [-0.2, 0) is 23.6 Å². The second kappa shape index (κ2) is 20.5. The van der Waals surface area contributed by atoms with E-state index in [2.05, 4.69) is 35.7 Å². The van der Waals surface area contributed by atoms with Gasteiger partial charge >= 0.3 is 141 Å². The minimum Gasteiger partial charge on any atom is -0.744 e. The Balaban J connectivity index is 0.000000446. The van der Waals surface area contributed by atoms with Gasteiger partial charge < -0.3 is 4.55 Å². The van der Waals surface area contributed by atoms with E-state index in [9.17, 15) is 13.0 Å². The van der Waals surface area contributed by atoms with E-state index in [4.69, 9.17) is 16.3 Å². The standard InChI is InChI=1S/C27H46NOSe.C6H5ClO3S/c1-4-5-6-7-8-9-10-11-12-13-14-15-16-17-18-19-20-26-25-23-24(29-3)21-22-27(25)30-28(26)2;7-5-3-1-2-4-6(5)11(8,9)10/h21-23H,4-20H2,1-3H3;1-4H,(H,8,9,10)/q+1;/p-1. The molecule has 0 aliphatic carbocycles. The Bertz CT molecular complexity index is 1250. The fourth-order valence-corrected chi connectivity index (χ4v) is 8.16. The van der Waals surface area contributed by atoms with Crippen molar-refractivity contribution < 1.29 is 21.3 Å². The summed E-state index contributed by atoms with van der Waals surface area (Å²) in [6.45, 7) is 2.30. The van der Waals surface area contributed by atoms with Gasteiger partial charge in [0.05, 0.1) is 9.92 Å². The van der Waals surface area contributed by atoms with Gasteiger partial charge in [-0.15, -0.1) is 0 Å². The summed E-state index contributed by atoms with van der Waals surface area (Å²) >= 11 is 5.88. The summed E-state index contributed by atoms with van der Waals surface area (Å²) in [5.74, 6) is 0.990. The van der Waals surface area contributed by atoms with Gasteiger partial charge in [0.2, 0.25) is 0 Å². The Morgan fingerprint density at radius 3 is 1.78 bits per heavy atom. The molecule has 0 saturated heterocycles. The number of hydrogen-bond acceptors (Lipinski definition) is 4. The summed E-state index contributed by atoms with van der Waals surface area (Å²) in [4.78, 5) is -0.373. The average molecular weight is 671 g/mol. The van der Waals surface area contributed by atoms with Crippen molar-refractivity contribution in [1.82, 2.24) is 0 Å². The zero-order valence-corrected chi connectivity index (χ0v) is 28.6. The molecule has 1 heterocycles. The van der Waals surface area contributed by atoms with Gasteiger partial charge in [0.1, 0.15) is 10.1 Å². The molecule has 3 aromatic rings. The van der Waals surface area contributed by atoms with Crippen molar-refractivity contribution in [2.75, 3.05) is 7.11 Å². The minimum atomic E-state index is -4.42. The molecule has 0 atom stereocenters. The Labute approximate surface area is 260 Å². The first-order chi connectivity index (χ1) is 19.8. The molecule has 0 bridgehead atoms. The molecule has 41 heavy (non-hydrogen) atoms. The first kappa shape index (κ1) is 35.8. The van der Waals surface area contributed by atoms with E-state index in [0.29, 0.717) is 14.7 Å². The third kappa shape index (κ3) is 14.1. The monoisotopic (exact) mass is 671 g/mol. The van der Waals surface area contributed by atoms with Crippen molar-refractivity contribution >= 4 is 46.1 Å². The van der Waals surface area contributed by atoms with Crippen LogP contribution in [0.15, 0.2) is 47.4 Å². The molecule has 0 fully saturated rings. The van der Waals surface area contributed by atoms with Gasteiger partial charge in [0.15, 0.2) is 0 Å². The Morgan fingerprint density at radius 1 is 0.805 bits per heavy atom. The van der Waals surface area contributed by atoms with Crippen LogP contribution in [0.4, 0.5) is 0 Å². The number of nitrogens with zero attached hydrogens (tertiary/aromatic N) is 1. The zero-order chi connectivity index (χ0) is 29.9. The number of halogens is 1. The molecule has 0 N–H and O–H groups in total. The molecule has 230 valence electrons. The summed E-state index contributed by atoms with van der Waals surface area (Å²) in [7, 11) is -0.393. The number of hydrogen-bond donors (Lipinski definition) is 0. The molecule has 0 aliphatic heterocycles. The van der Waals surface area contributed by atoms with Crippen molar-refractivity contribution in [2.24, 2.45) is 7.05 Å². The molecule has 2 aromatic carbocycles. The Morgan fingerprint density at radius 2 is 1.32 bits per heavy atom. The first-order valence-corrected chi connectivity index (χ1v) is 18.8. The van der Waals surface area contributed by atoms with Gasteiger partial charge in [-0.1, -0.05) is 75.6 Å². The summed E-state index contributed by atoms with van der Waals surface area (Å²) in [6, 6.07) is 12.1. The Kier molecular flexibility index (Phi) is 17.9. The third-order valence-electron chi connectivity index (χ3n) is 7.49. The SMILES string of the molecule is CCCCCCCCCCCCCCCCCCc1c2cc(OC)ccc2[se][n+]1C.O=S(=O)([O-])c1ccccc1Cl. The summed E-state index contributed by atoms with van der Waals surface area (Å²) in [6.07, 6.45) is 24.1. The summed E-state index contributed by atoms with van der Waals surface area (Å²) in [5, 5.41) is 1.40. The van der Waals surface area contributed by atoms with Crippen molar-refractivity contribution in [3.63, 3.8) is 0 Å². The van der Waals surface area contributed by atoms with Crippen molar-refractivity contribution in [1.29, 1.82) is 0 Å². The zero-order valence-electron chi connectivity index (χ0n) is 25.3. The van der Waals surface area contributed by atoms with E-state index in [1.807, 2.05) is 0 Å². The maximum atomic E-state index is 10.4. The average Bonchev–Trinajstić information content (AvgIpc) is 3.26. The second-order valence-electron chi connectivity index (χ2n) is 10.8. The molecule has 1 aromatic heterocycles. The largest absolute Gasteiger partial charge is 0.744 e. The second-order valence-corrected chi connectivity index (χ2v) is 15.0. The molecule has 0 aliphatic rings. The predicted octanol–water partition coefficient (Wildman–Crippen LogP) is 8.78. The van der Waals surface area contributed by atoms with Gasteiger partial charge in [-0.25, -0.2) is 8.42 Å². The van der Waals surface area contributed by atoms with Gasteiger partial charge in [-0.05, 0) is 12.1 Å². The number of fused-ring (bicyclic) bond motifs is 1. The molecule has 0 radical (unpaired) electrons. The van der Waals surface area contributed by atoms with E-state index in [0.717, 1.165) is 5.75 Å². The van der Waals surface area contributed by atoms with E-state index in [-0.39, 0.29) is 9.92 Å². The number of ether oxygens (including phenoxy) is 1. The number of unbranched alkanes of at least 4 members (excludes halogenated alkanes) is 15. The number of benzene rings is 2. The van der Waals surface area contributed by atoms with Crippen LogP contribution < -0.4 is 8.30 Å². The third-order valence-corrected chi connectivity index (χ3v) is 11.0. The normalized spacial score (nSPS) is 11.4. The van der Waals surface area contributed by atoms with E-state index in [1.165, 1.54) is 143 Å². The molecule has 0 spiro atoms. The van der Waals surface area contributed by atoms with Gasteiger partial charge in [0.25, 0.3) is 0 Å². The van der Waals surface area contributed by atoms with Crippen LogP contribution in [0.5, 0.6) is 5.75 Å². The van der Waals surface area contributed by atoms with Crippen LogP contribution in [0.3, 0.4) is 0 Å². The number of methoxy groups -OCH3 is 1. The molecule has 0 unspecified atom stereocenters. The fourth-order valence-electron chi connectivity index (χ4n) is 5.09. The van der Waals surface area contributed by atoms with Crippen LogP contribution in [0, 0.1) is 0 Å². The molecule has 5 nitrogen and oxygen atoms in total. The van der Waals surface area contributed by atoms with Crippen molar-refractivity contribution in [2.45, 2.75) is 121 Å². The molecular formula is C33H50ClNO4SSe. The fraction of sp³-hybridized carbons (Fsp3) is 0.606. The minimum absolute atomic E-state index is 0.0394. The van der Waals surface area contributed by atoms with Crippen LogP contribution in [-0.4, -0.2) is 34.8 Å². The molecular weight excluding hydrogens is 621 g/mol. The number of aromatic nitrogens is 1. The van der Waals surface area contributed by atoms with E-state index < -0.39 is 10.1 Å². The summed E-state index contributed by atoms with van der Waals surface area (Å²) < 4.78 is 40.7. The topological polar surface area (TPSA) is 70.3 Å². The molecule has 8 heteroatoms. The smallest absolute Gasteiger partial charge is 0.125 e. The quantitative estimate of drug-likeness (QED) is 0.0726. The van der Waals surface area contributed by atoms with Crippen LogP contribution in [0.1, 0.15) is 115 Å². The van der Waals surface area contributed by atoms with Crippen LogP contribution >= 0.6 is 11.6 Å². The van der Waals surface area contributed by atoms with E-state index in [1.54, 1.807) is 13.2 Å². The van der Waals surface area contributed by atoms with Crippen molar-refractivity contribution in [3.8, 4) is 5.75 Å². The Hall–Kier alpha value is -1.37. The van der Waals surface area contributed by atoms with Gasteiger partial charge in [-0.2, -0.15) is 0 Å². The maximum absolute atomic E-state index is 10.4. The molecule has 3 rings (SSSR count). The summed E-state index contributed by atoms with van der Waals surface area (Å²) in [5.41, 5.74) is 1.54. The molecule has 0 amide bonds. The van der Waals surface area contributed by atoms with Crippen LogP contribution in [0.25, 0.3) is 9.65 Å². The maximum Gasteiger partial charge on any atom is 0.125 e. The van der Waals surface area contributed by atoms with Crippen molar-refractivity contribution in [3.05, 3.63) is 53.2 Å². The van der Waals surface area contributed by atoms with Gasteiger partial charge in [-0.3, -0.25) is 0 Å². The molecule has 0 saturated carbocycles. The van der Waals surface area contributed by atoms with E-state index >= 15 is 0 Å². The predicted molar refractivity (Wildman–Crippen MR) is 171 cm³/mol. The van der Waals surface area contributed by atoms with Crippen LogP contribution in [0.2, 0.25) is 5.02 Å². The number of aryl methyl sites for hydroxylation is 2.